The maximum atomic E-state index is 13.5. The molecule has 9 nitrogen and oxygen atoms in total. The van der Waals surface area contributed by atoms with Crippen LogP contribution in [0, 0.1) is 0 Å². The van der Waals surface area contributed by atoms with Crippen LogP contribution in [0.1, 0.15) is 66.5 Å². The fourth-order valence-corrected chi connectivity index (χ4v) is 4.97. The third-order valence-corrected chi connectivity index (χ3v) is 7.66. The lowest BCUT2D eigenvalue weighted by Gasteiger charge is -2.31. The Bertz CT molecular complexity index is 1270. The summed E-state index contributed by atoms with van der Waals surface area (Å²) in [7, 11) is -3.76. The van der Waals surface area contributed by atoms with Crippen molar-refractivity contribution < 1.29 is 38.1 Å². The number of sulfone groups is 1. The van der Waals surface area contributed by atoms with Crippen LogP contribution in [0.15, 0.2) is 58.3 Å². The van der Waals surface area contributed by atoms with Crippen molar-refractivity contribution >= 4 is 33.4 Å². The topological polar surface area (TPSA) is 150 Å². The fraction of sp³-hybridized carbons (Fsp3) is 0.467. The highest BCUT2D eigenvalue weighted by Gasteiger charge is 2.31. The number of carbonyl (C=O) groups is 2. The molecule has 0 saturated heterocycles. The van der Waals surface area contributed by atoms with Crippen LogP contribution >= 0.6 is 11.6 Å². The molecule has 0 fully saturated rings. The largest absolute Gasteiger partial charge is 0.490 e. The Balaban J connectivity index is 0.000000915. The molecule has 228 valence electrons. The van der Waals surface area contributed by atoms with Gasteiger partial charge in [0.05, 0.1) is 9.79 Å². The van der Waals surface area contributed by atoms with E-state index in [9.17, 15) is 23.1 Å². The standard InChI is InChI=1S/C26H38ClNO4S.C4H4O4/c1-17(2)28-15-19(29)16-32-24-22(25(3,4)5)13-21(14-23(24)26(6,7)8)33(30,31)20-11-9-18(27)10-12-20;5-3(6)1-2-4(7)8/h9-14,17,19,28-29H,15-16H2,1-8H3;1-2H,(H,5,6)(H,7,8)/b;2-1-. The Morgan fingerprint density at radius 3 is 1.71 bits per heavy atom. The molecule has 0 aliphatic carbocycles. The first-order valence-corrected chi connectivity index (χ1v) is 14.9. The van der Waals surface area contributed by atoms with E-state index in [0.29, 0.717) is 29.5 Å². The van der Waals surface area contributed by atoms with Gasteiger partial charge in [0.1, 0.15) is 18.5 Å². The number of ether oxygens (including phenoxy) is 1. The summed E-state index contributed by atoms with van der Waals surface area (Å²) in [4.78, 5) is 19.5. The summed E-state index contributed by atoms with van der Waals surface area (Å²) < 4.78 is 33.2. The first-order chi connectivity index (χ1) is 18.7. The number of hydrogen-bond acceptors (Lipinski definition) is 7. The van der Waals surface area contributed by atoms with Crippen LogP contribution in [0.5, 0.6) is 5.75 Å². The molecule has 41 heavy (non-hydrogen) atoms. The summed E-state index contributed by atoms with van der Waals surface area (Å²) in [5.74, 6) is -1.88. The second kappa shape index (κ2) is 14.8. The predicted octanol–water partition coefficient (Wildman–Crippen LogP) is 5.22. The summed E-state index contributed by atoms with van der Waals surface area (Å²) in [6.45, 7) is 16.7. The van der Waals surface area contributed by atoms with E-state index in [-0.39, 0.29) is 33.3 Å². The number of aliphatic hydroxyl groups excluding tert-OH is 1. The van der Waals surface area contributed by atoms with Crippen molar-refractivity contribution in [1.82, 2.24) is 5.32 Å². The quantitative estimate of drug-likeness (QED) is 0.265. The molecule has 0 radical (unpaired) electrons. The number of aliphatic carboxylic acids is 2. The minimum atomic E-state index is -3.76. The van der Waals surface area contributed by atoms with E-state index >= 15 is 0 Å². The van der Waals surface area contributed by atoms with Crippen molar-refractivity contribution in [1.29, 1.82) is 0 Å². The molecule has 0 spiro atoms. The Labute approximate surface area is 248 Å². The normalized spacial score (nSPS) is 13.0. The van der Waals surface area contributed by atoms with Gasteiger partial charge >= 0.3 is 11.9 Å². The van der Waals surface area contributed by atoms with Gasteiger partial charge in [-0.25, -0.2) is 18.0 Å². The van der Waals surface area contributed by atoms with Crippen molar-refractivity contribution in [3.8, 4) is 5.75 Å². The Morgan fingerprint density at radius 1 is 0.902 bits per heavy atom. The van der Waals surface area contributed by atoms with Gasteiger partial charge in [0, 0.05) is 40.9 Å². The molecule has 1 unspecified atom stereocenters. The highest BCUT2D eigenvalue weighted by Crippen LogP contribution is 2.42. The Morgan fingerprint density at radius 2 is 1.34 bits per heavy atom. The van der Waals surface area contributed by atoms with Gasteiger partial charge in [-0.2, -0.15) is 0 Å². The van der Waals surface area contributed by atoms with Crippen LogP contribution < -0.4 is 10.1 Å². The molecular formula is C30H42ClNO8S. The summed E-state index contributed by atoms with van der Waals surface area (Å²) in [6, 6.07) is 9.86. The van der Waals surface area contributed by atoms with Crippen LogP contribution in [0.4, 0.5) is 0 Å². The molecule has 0 amide bonds. The molecule has 2 aromatic rings. The molecule has 0 aliphatic heterocycles. The summed E-state index contributed by atoms with van der Waals surface area (Å²) in [5, 5.41) is 29.7. The maximum Gasteiger partial charge on any atom is 0.328 e. The Hall–Kier alpha value is -2.92. The van der Waals surface area contributed by atoms with Crippen molar-refractivity contribution in [2.24, 2.45) is 0 Å². The van der Waals surface area contributed by atoms with Crippen molar-refractivity contribution in [2.75, 3.05) is 13.2 Å². The van der Waals surface area contributed by atoms with E-state index in [0.717, 1.165) is 11.1 Å². The first kappa shape index (κ1) is 36.1. The molecule has 0 aliphatic rings. The van der Waals surface area contributed by atoms with Gasteiger partial charge in [0.15, 0.2) is 0 Å². The number of benzene rings is 2. The van der Waals surface area contributed by atoms with Crippen molar-refractivity contribution in [3.05, 3.63) is 64.7 Å². The third kappa shape index (κ3) is 11.8. The molecule has 0 heterocycles. The number of rotatable bonds is 10. The fourth-order valence-electron chi connectivity index (χ4n) is 3.53. The van der Waals surface area contributed by atoms with Gasteiger partial charge in [-0.05, 0) is 47.2 Å². The maximum absolute atomic E-state index is 13.5. The molecule has 2 aromatic carbocycles. The molecule has 4 N–H and O–H groups in total. The molecule has 0 saturated carbocycles. The van der Waals surface area contributed by atoms with Crippen LogP contribution in [0.2, 0.25) is 5.02 Å². The lowest BCUT2D eigenvalue weighted by molar-refractivity contribution is -0.134. The van der Waals surface area contributed by atoms with E-state index in [4.69, 9.17) is 26.6 Å². The lowest BCUT2D eigenvalue weighted by atomic mass is 9.79. The summed E-state index contributed by atoms with van der Waals surface area (Å²) >= 11 is 5.96. The minimum Gasteiger partial charge on any atom is -0.490 e. The van der Waals surface area contributed by atoms with Crippen LogP contribution in [0.25, 0.3) is 0 Å². The average molecular weight is 612 g/mol. The zero-order valence-electron chi connectivity index (χ0n) is 24.9. The zero-order valence-corrected chi connectivity index (χ0v) is 26.4. The van der Waals surface area contributed by atoms with Crippen LogP contribution in [-0.4, -0.2) is 61.0 Å². The summed E-state index contributed by atoms with van der Waals surface area (Å²) in [6.07, 6.45) is 0.426. The van der Waals surface area contributed by atoms with Crippen LogP contribution in [-0.2, 0) is 30.3 Å². The molecule has 0 bridgehead atoms. The van der Waals surface area contributed by atoms with E-state index < -0.39 is 27.9 Å². The van der Waals surface area contributed by atoms with Gasteiger partial charge in [0.2, 0.25) is 9.84 Å². The number of aliphatic hydroxyl groups is 1. The average Bonchev–Trinajstić information content (AvgIpc) is 2.84. The number of hydrogen-bond donors (Lipinski definition) is 4. The number of carboxylic acids is 2. The van der Waals surface area contributed by atoms with Crippen molar-refractivity contribution in [2.45, 2.75) is 88.2 Å². The Kier molecular flexibility index (Phi) is 13.0. The second-order valence-electron chi connectivity index (χ2n) is 11.8. The smallest absolute Gasteiger partial charge is 0.328 e. The van der Waals surface area contributed by atoms with E-state index in [1.54, 1.807) is 24.3 Å². The first-order valence-electron chi connectivity index (χ1n) is 13.0. The molecule has 0 aromatic heterocycles. The number of nitrogens with one attached hydrogen (secondary N) is 1. The highest BCUT2D eigenvalue weighted by molar-refractivity contribution is 7.91. The molecule has 1 atom stereocenters. The minimum absolute atomic E-state index is 0.106. The number of halogens is 1. The predicted molar refractivity (Wildman–Crippen MR) is 160 cm³/mol. The highest BCUT2D eigenvalue weighted by atomic mass is 35.5. The van der Waals surface area contributed by atoms with Gasteiger partial charge in [-0.1, -0.05) is 67.0 Å². The molecule has 11 heteroatoms. The van der Waals surface area contributed by atoms with Gasteiger partial charge in [-0.3, -0.25) is 0 Å². The zero-order chi connectivity index (χ0) is 31.8. The monoisotopic (exact) mass is 611 g/mol. The third-order valence-electron chi connectivity index (χ3n) is 5.66. The van der Waals surface area contributed by atoms with E-state index in [1.807, 2.05) is 55.4 Å². The van der Waals surface area contributed by atoms with E-state index in [1.165, 1.54) is 12.1 Å². The van der Waals surface area contributed by atoms with Gasteiger partial charge < -0.3 is 25.4 Å². The molecule has 2 rings (SSSR count). The second-order valence-corrected chi connectivity index (χ2v) is 14.2. The SMILES string of the molecule is CC(C)NCC(O)COc1c(C(C)(C)C)cc(S(=O)(=O)c2ccc(Cl)cc2)cc1C(C)(C)C.O=C(O)/C=C\C(=O)O. The summed E-state index contributed by atoms with van der Waals surface area (Å²) in [5.41, 5.74) is 0.794. The van der Waals surface area contributed by atoms with Crippen molar-refractivity contribution in [3.63, 3.8) is 0 Å². The number of carboxylic acid groups (broad SMARTS) is 2. The molecular weight excluding hydrogens is 570 g/mol. The van der Waals surface area contributed by atoms with Gasteiger partial charge in [-0.15, -0.1) is 0 Å². The lowest BCUT2D eigenvalue weighted by Crippen LogP contribution is -2.35. The van der Waals surface area contributed by atoms with Gasteiger partial charge in [0.25, 0.3) is 0 Å². The van der Waals surface area contributed by atoms with E-state index in [2.05, 4.69) is 5.32 Å². The van der Waals surface area contributed by atoms with Crippen LogP contribution in [0.3, 0.4) is 0 Å².